The van der Waals surface area contributed by atoms with E-state index >= 15 is 0 Å². The van der Waals surface area contributed by atoms with Crippen molar-refractivity contribution in [3.8, 4) is 28.2 Å². The number of hydrogen-bond donors (Lipinski definition) is 0. The molecule has 0 aliphatic rings. The maximum Gasteiger partial charge on any atom is 0.137 e. The van der Waals surface area contributed by atoms with E-state index in [4.69, 9.17) is 4.98 Å². The summed E-state index contributed by atoms with van der Waals surface area (Å²) in [6, 6.07) is 22.7. The van der Waals surface area contributed by atoms with Crippen LogP contribution in [0.25, 0.3) is 33.8 Å². The van der Waals surface area contributed by atoms with Crippen LogP contribution in [0, 0.1) is 0 Å². The first-order valence-electron chi connectivity index (χ1n) is 10.1. The molecule has 5 heteroatoms. The van der Waals surface area contributed by atoms with E-state index in [2.05, 4.69) is 61.4 Å². The van der Waals surface area contributed by atoms with E-state index in [0.29, 0.717) is 0 Å². The Morgan fingerprint density at radius 1 is 0.767 bits per heavy atom. The van der Waals surface area contributed by atoms with Gasteiger partial charge in [0.05, 0.1) is 17.6 Å². The number of rotatable bonds is 3. The van der Waals surface area contributed by atoms with Crippen LogP contribution in [-0.2, 0) is 5.41 Å². The first-order valence-corrected chi connectivity index (χ1v) is 10.1. The fraction of sp³-hybridized carbons (Fsp3) is 0.160. The van der Waals surface area contributed by atoms with E-state index in [1.807, 2.05) is 64.1 Å². The third-order valence-electron chi connectivity index (χ3n) is 5.33. The minimum atomic E-state index is 0.128. The van der Waals surface area contributed by atoms with Gasteiger partial charge in [0.15, 0.2) is 0 Å². The van der Waals surface area contributed by atoms with Crippen LogP contribution >= 0.6 is 0 Å². The Morgan fingerprint density at radius 3 is 2.30 bits per heavy atom. The molecule has 3 aromatic heterocycles. The van der Waals surface area contributed by atoms with Gasteiger partial charge in [0.2, 0.25) is 0 Å². The SMILES string of the molecule is CC(C)(C)c1ccc(-c2cn(-c3ccccc3-c3cn4ccccc4n3)nn2)cc1. The van der Waals surface area contributed by atoms with Crippen molar-refractivity contribution in [1.29, 1.82) is 0 Å². The predicted molar refractivity (Wildman–Crippen MR) is 120 cm³/mol. The summed E-state index contributed by atoms with van der Waals surface area (Å²) in [6.45, 7) is 6.65. The van der Waals surface area contributed by atoms with Gasteiger partial charge < -0.3 is 4.40 Å². The van der Waals surface area contributed by atoms with Crippen molar-refractivity contribution in [2.24, 2.45) is 0 Å². The quantitative estimate of drug-likeness (QED) is 0.404. The van der Waals surface area contributed by atoms with Gasteiger partial charge in [0, 0.05) is 23.5 Å². The lowest BCUT2D eigenvalue weighted by molar-refractivity contribution is 0.590. The van der Waals surface area contributed by atoms with Gasteiger partial charge in [0.1, 0.15) is 11.3 Å². The maximum absolute atomic E-state index is 4.77. The second kappa shape index (κ2) is 6.95. The van der Waals surface area contributed by atoms with E-state index in [9.17, 15) is 0 Å². The number of hydrogen-bond acceptors (Lipinski definition) is 3. The summed E-state index contributed by atoms with van der Waals surface area (Å²) in [7, 11) is 0. The summed E-state index contributed by atoms with van der Waals surface area (Å²) in [5.41, 5.74) is 7.12. The van der Waals surface area contributed by atoms with Crippen LogP contribution in [-0.4, -0.2) is 24.4 Å². The van der Waals surface area contributed by atoms with Gasteiger partial charge in [-0.1, -0.05) is 74.5 Å². The monoisotopic (exact) mass is 393 g/mol. The van der Waals surface area contributed by atoms with Crippen LogP contribution in [0.1, 0.15) is 26.3 Å². The van der Waals surface area contributed by atoms with Crippen LogP contribution in [0.5, 0.6) is 0 Å². The molecule has 5 aromatic rings. The molecule has 2 aromatic carbocycles. The van der Waals surface area contributed by atoms with Gasteiger partial charge in [-0.15, -0.1) is 5.10 Å². The largest absolute Gasteiger partial charge is 0.306 e. The van der Waals surface area contributed by atoms with Crippen molar-refractivity contribution >= 4 is 5.65 Å². The molecule has 0 aliphatic heterocycles. The van der Waals surface area contributed by atoms with Gasteiger partial charge in [0.25, 0.3) is 0 Å². The average Bonchev–Trinajstić information content (AvgIpc) is 3.40. The van der Waals surface area contributed by atoms with Crippen LogP contribution < -0.4 is 0 Å². The summed E-state index contributed by atoms with van der Waals surface area (Å²) in [6.07, 6.45) is 6.02. The lowest BCUT2D eigenvalue weighted by Gasteiger charge is -2.18. The fourth-order valence-electron chi connectivity index (χ4n) is 3.61. The molecule has 0 atom stereocenters. The molecular weight excluding hydrogens is 370 g/mol. The molecule has 0 N–H and O–H groups in total. The number of imidazole rings is 1. The Hall–Kier alpha value is -3.73. The number of benzene rings is 2. The minimum absolute atomic E-state index is 0.128. The molecule has 0 aliphatic carbocycles. The molecule has 0 amide bonds. The zero-order valence-electron chi connectivity index (χ0n) is 17.3. The van der Waals surface area contributed by atoms with Crippen molar-refractivity contribution in [2.75, 3.05) is 0 Å². The number of aromatic nitrogens is 5. The van der Waals surface area contributed by atoms with Gasteiger partial charge in [-0.05, 0) is 29.2 Å². The normalized spacial score (nSPS) is 11.8. The molecule has 5 nitrogen and oxygen atoms in total. The molecule has 30 heavy (non-hydrogen) atoms. The van der Waals surface area contributed by atoms with Crippen molar-refractivity contribution in [3.63, 3.8) is 0 Å². The Balaban J connectivity index is 1.53. The molecule has 0 spiro atoms. The molecule has 0 radical (unpaired) electrons. The van der Waals surface area contributed by atoms with Gasteiger partial charge in [-0.2, -0.15) is 0 Å². The zero-order valence-corrected chi connectivity index (χ0v) is 17.3. The molecule has 3 heterocycles. The summed E-state index contributed by atoms with van der Waals surface area (Å²) in [5, 5.41) is 8.83. The van der Waals surface area contributed by atoms with E-state index in [1.165, 1.54) is 5.56 Å². The standard InChI is InChI=1S/C25H23N5/c1-25(2,3)19-13-11-18(12-14-19)21-17-30(28-27-21)23-9-5-4-8-20(23)22-16-29-15-7-6-10-24(29)26-22/h4-17H,1-3H3. The van der Waals surface area contributed by atoms with E-state index in [1.54, 1.807) is 0 Å². The molecule has 0 saturated heterocycles. The zero-order chi connectivity index (χ0) is 20.7. The number of pyridine rings is 1. The highest BCUT2D eigenvalue weighted by molar-refractivity contribution is 5.72. The van der Waals surface area contributed by atoms with Gasteiger partial charge in [-0.3, -0.25) is 0 Å². The highest BCUT2D eigenvalue weighted by atomic mass is 15.4. The maximum atomic E-state index is 4.77. The van der Waals surface area contributed by atoms with Crippen LogP contribution in [0.3, 0.4) is 0 Å². The molecule has 0 saturated carbocycles. The van der Waals surface area contributed by atoms with Crippen molar-refractivity contribution in [3.05, 3.63) is 90.9 Å². The molecule has 0 unspecified atom stereocenters. The molecule has 0 bridgehead atoms. The van der Waals surface area contributed by atoms with Crippen molar-refractivity contribution < 1.29 is 0 Å². The number of fused-ring (bicyclic) bond motifs is 1. The summed E-state index contributed by atoms with van der Waals surface area (Å²) in [5.74, 6) is 0. The smallest absolute Gasteiger partial charge is 0.137 e. The lowest BCUT2D eigenvalue weighted by atomic mass is 9.86. The van der Waals surface area contributed by atoms with Crippen LogP contribution in [0.4, 0.5) is 0 Å². The van der Waals surface area contributed by atoms with Gasteiger partial charge >= 0.3 is 0 Å². The predicted octanol–water partition coefficient (Wildman–Crippen LogP) is 5.55. The van der Waals surface area contributed by atoms with Crippen LogP contribution in [0.2, 0.25) is 0 Å². The first kappa shape index (κ1) is 18.3. The first-order chi connectivity index (χ1) is 14.5. The Morgan fingerprint density at radius 2 is 1.53 bits per heavy atom. The van der Waals surface area contributed by atoms with Gasteiger partial charge in [-0.25, -0.2) is 9.67 Å². The third kappa shape index (κ3) is 3.28. The summed E-state index contributed by atoms with van der Waals surface area (Å²) >= 11 is 0. The van der Waals surface area contributed by atoms with Crippen LogP contribution in [0.15, 0.2) is 85.3 Å². The number of nitrogens with zero attached hydrogens (tertiary/aromatic N) is 5. The fourth-order valence-corrected chi connectivity index (χ4v) is 3.61. The second-order valence-electron chi connectivity index (χ2n) is 8.49. The molecule has 0 fully saturated rings. The van der Waals surface area contributed by atoms with E-state index in [-0.39, 0.29) is 5.41 Å². The minimum Gasteiger partial charge on any atom is -0.306 e. The highest BCUT2D eigenvalue weighted by Gasteiger charge is 2.15. The second-order valence-corrected chi connectivity index (χ2v) is 8.49. The Bertz CT molecular complexity index is 1290. The molecule has 148 valence electrons. The average molecular weight is 393 g/mol. The van der Waals surface area contributed by atoms with E-state index in [0.717, 1.165) is 33.8 Å². The molecular formula is C25H23N5. The van der Waals surface area contributed by atoms with Crippen molar-refractivity contribution in [2.45, 2.75) is 26.2 Å². The van der Waals surface area contributed by atoms with E-state index < -0.39 is 0 Å². The Labute approximate surface area is 175 Å². The number of para-hydroxylation sites is 1. The summed E-state index contributed by atoms with van der Waals surface area (Å²) < 4.78 is 3.85. The lowest BCUT2D eigenvalue weighted by Crippen LogP contribution is -2.10. The highest BCUT2D eigenvalue weighted by Crippen LogP contribution is 2.28. The third-order valence-corrected chi connectivity index (χ3v) is 5.33. The topological polar surface area (TPSA) is 48.0 Å². The summed E-state index contributed by atoms with van der Waals surface area (Å²) in [4.78, 5) is 4.77. The molecule has 5 rings (SSSR count). The Kier molecular flexibility index (Phi) is 4.24. The van der Waals surface area contributed by atoms with Crippen molar-refractivity contribution in [1.82, 2.24) is 24.4 Å².